The average molecular weight is 283 g/mol. The highest BCUT2D eigenvalue weighted by Crippen LogP contribution is 2.47. The molecule has 1 aliphatic carbocycles. The van der Waals surface area contributed by atoms with Crippen LogP contribution in [-0.4, -0.2) is 16.1 Å². The van der Waals surface area contributed by atoms with Crippen molar-refractivity contribution in [2.24, 2.45) is 0 Å². The Balaban J connectivity index is 2.46. The standard InChI is InChI=1S/C18H21NO2/c1-5-11-6-7-13-12(8-11)14(17(20)21)15-16(19-13)10(2)9-18(15,3)4/h6-8,10H,5,9H2,1-4H3,(H,20,21). The minimum Gasteiger partial charge on any atom is -0.478 e. The van der Waals surface area contributed by atoms with E-state index in [9.17, 15) is 9.90 Å². The molecule has 1 unspecified atom stereocenters. The molecule has 2 aromatic rings. The van der Waals surface area contributed by atoms with Gasteiger partial charge in [0.2, 0.25) is 0 Å². The lowest BCUT2D eigenvalue weighted by Gasteiger charge is -2.21. The van der Waals surface area contributed by atoms with E-state index in [0.717, 1.165) is 40.6 Å². The quantitative estimate of drug-likeness (QED) is 0.895. The van der Waals surface area contributed by atoms with Gasteiger partial charge in [-0.2, -0.15) is 0 Å². The van der Waals surface area contributed by atoms with Gasteiger partial charge in [0.1, 0.15) is 0 Å². The van der Waals surface area contributed by atoms with Crippen LogP contribution in [0.15, 0.2) is 18.2 Å². The number of benzene rings is 1. The first-order chi connectivity index (χ1) is 9.85. The van der Waals surface area contributed by atoms with Gasteiger partial charge in [0.05, 0.1) is 11.1 Å². The van der Waals surface area contributed by atoms with Gasteiger partial charge >= 0.3 is 5.97 Å². The Hall–Kier alpha value is -1.90. The molecular weight excluding hydrogens is 262 g/mol. The minimum atomic E-state index is -0.839. The molecule has 110 valence electrons. The summed E-state index contributed by atoms with van der Waals surface area (Å²) in [6.07, 6.45) is 1.85. The lowest BCUT2D eigenvalue weighted by Crippen LogP contribution is -2.18. The van der Waals surface area contributed by atoms with Crippen LogP contribution in [-0.2, 0) is 11.8 Å². The predicted octanol–water partition coefficient (Wildman–Crippen LogP) is 4.28. The van der Waals surface area contributed by atoms with Crippen molar-refractivity contribution in [3.63, 3.8) is 0 Å². The Morgan fingerprint density at radius 3 is 2.76 bits per heavy atom. The van der Waals surface area contributed by atoms with E-state index in [2.05, 4.69) is 27.7 Å². The molecule has 0 fully saturated rings. The maximum absolute atomic E-state index is 11.9. The molecule has 0 aliphatic heterocycles. The number of nitrogens with zero attached hydrogens (tertiary/aromatic N) is 1. The van der Waals surface area contributed by atoms with Gasteiger partial charge in [-0.1, -0.05) is 33.8 Å². The van der Waals surface area contributed by atoms with E-state index in [4.69, 9.17) is 4.98 Å². The number of carbonyl (C=O) groups is 1. The fourth-order valence-electron chi connectivity index (χ4n) is 3.78. The van der Waals surface area contributed by atoms with Crippen molar-refractivity contribution in [3.05, 3.63) is 40.6 Å². The fraction of sp³-hybridized carbons (Fsp3) is 0.444. The number of aromatic carboxylic acids is 1. The van der Waals surface area contributed by atoms with E-state index in [-0.39, 0.29) is 5.41 Å². The largest absolute Gasteiger partial charge is 0.478 e. The Kier molecular flexibility index (Phi) is 3.05. The van der Waals surface area contributed by atoms with E-state index in [1.54, 1.807) is 0 Å². The zero-order chi connectivity index (χ0) is 15.4. The highest BCUT2D eigenvalue weighted by molar-refractivity contribution is 6.05. The van der Waals surface area contributed by atoms with Crippen molar-refractivity contribution in [3.8, 4) is 0 Å². The normalized spacial score (nSPS) is 19.7. The molecule has 0 amide bonds. The van der Waals surface area contributed by atoms with Crippen LogP contribution in [0.4, 0.5) is 0 Å². The zero-order valence-electron chi connectivity index (χ0n) is 13.0. The molecule has 0 saturated heterocycles. The van der Waals surface area contributed by atoms with Crippen molar-refractivity contribution in [2.45, 2.75) is 51.9 Å². The molecule has 0 radical (unpaired) electrons. The average Bonchev–Trinajstić information content (AvgIpc) is 2.65. The number of fused-ring (bicyclic) bond motifs is 2. The first-order valence-electron chi connectivity index (χ1n) is 7.55. The molecule has 21 heavy (non-hydrogen) atoms. The minimum absolute atomic E-state index is 0.133. The first-order valence-corrected chi connectivity index (χ1v) is 7.55. The van der Waals surface area contributed by atoms with Crippen molar-refractivity contribution in [1.29, 1.82) is 0 Å². The Labute approximate surface area is 125 Å². The second-order valence-corrected chi connectivity index (χ2v) is 6.75. The molecule has 0 bridgehead atoms. The summed E-state index contributed by atoms with van der Waals surface area (Å²) >= 11 is 0. The molecule has 1 aliphatic rings. The molecule has 0 spiro atoms. The number of rotatable bonds is 2. The monoisotopic (exact) mass is 283 g/mol. The topological polar surface area (TPSA) is 50.2 Å². The number of aromatic nitrogens is 1. The molecule has 1 heterocycles. The van der Waals surface area contributed by atoms with Gasteiger partial charge in [0.25, 0.3) is 0 Å². The summed E-state index contributed by atoms with van der Waals surface area (Å²) < 4.78 is 0. The van der Waals surface area contributed by atoms with Gasteiger partial charge in [0.15, 0.2) is 0 Å². The molecule has 1 N–H and O–H groups in total. The van der Waals surface area contributed by atoms with Gasteiger partial charge in [-0.05, 0) is 47.4 Å². The highest BCUT2D eigenvalue weighted by Gasteiger charge is 2.40. The number of aryl methyl sites for hydroxylation is 1. The lowest BCUT2D eigenvalue weighted by atomic mass is 9.82. The predicted molar refractivity (Wildman–Crippen MR) is 84.1 cm³/mol. The summed E-state index contributed by atoms with van der Waals surface area (Å²) in [7, 11) is 0. The summed E-state index contributed by atoms with van der Waals surface area (Å²) in [6, 6.07) is 5.99. The van der Waals surface area contributed by atoms with E-state index in [0.29, 0.717) is 11.5 Å². The first kappa shape index (κ1) is 14.1. The van der Waals surface area contributed by atoms with Crippen molar-refractivity contribution < 1.29 is 9.90 Å². The summed E-state index contributed by atoms with van der Waals surface area (Å²) in [4.78, 5) is 16.7. The van der Waals surface area contributed by atoms with E-state index < -0.39 is 5.97 Å². The zero-order valence-corrected chi connectivity index (χ0v) is 13.0. The van der Waals surface area contributed by atoms with Gasteiger partial charge in [0, 0.05) is 11.1 Å². The molecule has 1 atom stereocenters. The van der Waals surface area contributed by atoms with Crippen LogP contribution in [0.2, 0.25) is 0 Å². The van der Waals surface area contributed by atoms with Crippen molar-refractivity contribution in [1.82, 2.24) is 4.98 Å². The van der Waals surface area contributed by atoms with Crippen LogP contribution in [0.3, 0.4) is 0 Å². The van der Waals surface area contributed by atoms with Crippen molar-refractivity contribution >= 4 is 16.9 Å². The molecular formula is C18H21NO2. The molecule has 1 aromatic carbocycles. The summed E-state index contributed by atoms with van der Waals surface area (Å²) in [6.45, 7) is 8.46. The SMILES string of the molecule is CCc1ccc2nc3c(c(C(=O)O)c2c1)C(C)(C)CC3C. The van der Waals surface area contributed by atoms with E-state index in [1.165, 1.54) is 0 Å². The molecule has 3 nitrogen and oxygen atoms in total. The molecule has 3 heteroatoms. The second-order valence-electron chi connectivity index (χ2n) is 6.75. The van der Waals surface area contributed by atoms with Gasteiger partial charge < -0.3 is 5.11 Å². The van der Waals surface area contributed by atoms with Gasteiger partial charge in [-0.25, -0.2) is 4.79 Å². The summed E-state index contributed by atoms with van der Waals surface area (Å²) in [5, 5.41) is 10.6. The Bertz CT molecular complexity index is 746. The third-order valence-electron chi connectivity index (χ3n) is 4.66. The fourth-order valence-corrected chi connectivity index (χ4v) is 3.78. The van der Waals surface area contributed by atoms with Gasteiger partial charge in [-0.15, -0.1) is 0 Å². The van der Waals surface area contributed by atoms with Gasteiger partial charge in [-0.3, -0.25) is 4.98 Å². The Morgan fingerprint density at radius 1 is 1.43 bits per heavy atom. The van der Waals surface area contributed by atoms with Crippen LogP contribution in [0.1, 0.15) is 67.2 Å². The summed E-state index contributed by atoms with van der Waals surface area (Å²) in [5.74, 6) is -0.530. The third kappa shape index (κ3) is 2.03. The van der Waals surface area contributed by atoms with Crippen LogP contribution >= 0.6 is 0 Å². The lowest BCUT2D eigenvalue weighted by molar-refractivity contribution is 0.0696. The summed E-state index contributed by atoms with van der Waals surface area (Å²) in [5.41, 5.74) is 4.17. The highest BCUT2D eigenvalue weighted by atomic mass is 16.4. The maximum Gasteiger partial charge on any atom is 0.336 e. The van der Waals surface area contributed by atoms with Crippen LogP contribution < -0.4 is 0 Å². The number of pyridine rings is 1. The number of hydrogen-bond acceptors (Lipinski definition) is 2. The van der Waals surface area contributed by atoms with Crippen molar-refractivity contribution in [2.75, 3.05) is 0 Å². The molecule has 1 aromatic heterocycles. The van der Waals surface area contributed by atoms with Crippen LogP contribution in [0, 0.1) is 0 Å². The van der Waals surface area contributed by atoms with Crippen LogP contribution in [0.5, 0.6) is 0 Å². The van der Waals surface area contributed by atoms with E-state index >= 15 is 0 Å². The molecule has 0 saturated carbocycles. The number of carboxylic acid groups (broad SMARTS) is 1. The second kappa shape index (κ2) is 4.55. The maximum atomic E-state index is 11.9. The van der Waals surface area contributed by atoms with E-state index in [1.807, 2.05) is 18.2 Å². The third-order valence-corrected chi connectivity index (χ3v) is 4.66. The Morgan fingerprint density at radius 2 is 2.14 bits per heavy atom. The smallest absolute Gasteiger partial charge is 0.336 e. The number of carboxylic acids is 1. The molecule has 3 rings (SSSR count). The van der Waals surface area contributed by atoms with Crippen LogP contribution in [0.25, 0.3) is 10.9 Å². The number of hydrogen-bond donors (Lipinski definition) is 1.